The summed E-state index contributed by atoms with van der Waals surface area (Å²) in [6, 6.07) is 11.5. The van der Waals surface area contributed by atoms with Gasteiger partial charge in [0.2, 0.25) is 0 Å². The highest BCUT2D eigenvalue weighted by Crippen LogP contribution is 2.43. The van der Waals surface area contributed by atoms with E-state index in [0.717, 1.165) is 23.3 Å². The molecule has 1 aliphatic rings. The molecule has 0 bridgehead atoms. The Balaban J connectivity index is 1.67. The highest BCUT2D eigenvalue weighted by molar-refractivity contribution is 5.84. The van der Waals surface area contributed by atoms with Gasteiger partial charge in [-0.1, -0.05) is 30.4 Å². The summed E-state index contributed by atoms with van der Waals surface area (Å²) in [6.07, 6.45) is 7.01. The maximum atomic E-state index is 14.6. The third kappa shape index (κ3) is 8.02. The fourth-order valence-corrected chi connectivity index (χ4v) is 6.88. The van der Waals surface area contributed by atoms with Crippen molar-refractivity contribution in [2.75, 3.05) is 24.6 Å². The van der Waals surface area contributed by atoms with Crippen LogP contribution in [0.1, 0.15) is 71.9 Å². The van der Waals surface area contributed by atoms with Gasteiger partial charge in [-0.25, -0.2) is 18.6 Å². The molecular weight excluding hydrogens is 652 g/mol. The fraction of sp³-hybridized carbons (Fsp3) is 0.415. The zero-order valence-corrected chi connectivity index (χ0v) is 30.7. The second-order valence-corrected chi connectivity index (χ2v) is 14.8. The molecule has 272 valence electrons. The zero-order chi connectivity index (χ0) is 37.3. The molecule has 0 unspecified atom stereocenters. The molecule has 0 spiro atoms. The number of halogens is 2. The van der Waals surface area contributed by atoms with E-state index in [1.807, 2.05) is 75.5 Å². The number of carbonyl (C=O) groups is 1. The van der Waals surface area contributed by atoms with Crippen molar-refractivity contribution in [2.45, 2.75) is 90.6 Å². The van der Waals surface area contributed by atoms with Gasteiger partial charge < -0.3 is 24.2 Å². The number of hydrogen-bond acceptors (Lipinski definition) is 6. The van der Waals surface area contributed by atoms with E-state index in [4.69, 9.17) is 19.2 Å². The van der Waals surface area contributed by atoms with Gasteiger partial charge >= 0.3 is 5.97 Å². The molecule has 5 rings (SSSR count). The summed E-state index contributed by atoms with van der Waals surface area (Å²) in [5, 5.41) is 10.8. The number of nitrogens with zero attached hydrogens (tertiary/aromatic N) is 3. The molecule has 51 heavy (non-hydrogen) atoms. The molecule has 1 aliphatic heterocycles. The van der Waals surface area contributed by atoms with Gasteiger partial charge in [-0.05, 0) is 90.6 Å². The minimum Gasteiger partial charge on any atom is -0.490 e. The van der Waals surface area contributed by atoms with Gasteiger partial charge in [0, 0.05) is 48.5 Å². The molecule has 0 amide bonds. The molecular formula is C41H49F2N3O5. The first-order valence-corrected chi connectivity index (χ1v) is 17.3. The van der Waals surface area contributed by atoms with Crippen LogP contribution in [0.25, 0.3) is 28.0 Å². The summed E-state index contributed by atoms with van der Waals surface area (Å²) in [6.45, 7) is 22.2. The lowest BCUT2D eigenvalue weighted by molar-refractivity contribution is -0.183. The van der Waals surface area contributed by atoms with Crippen LogP contribution in [-0.2, 0) is 19.9 Å². The van der Waals surface area contributed by atoms with Crippen LogP contribution >= 0.6 is 0 Å². The lowest BCUT2D eigenvalue weighted by Crippen LogP contribution is -2.48. The number of pyridine rings is 1. The first kappa shape index (κ1) is 37.7. The lowest BCUT2D eigenvalue weighted by atomic mass is 9.88. The van der Waals surface area contributed by atoms with E-state index in [0.29, 0.717) is 72.8 Å². The number of aliphatic carboxylic acids is 1. The van der Waals surface area contributed by atoms with Crippen LogP contribution in [0, 0.1) is 18.6 Å². The number of ether oxygens (including phenoxy) is 3. The minimum atomic E-state index is -1.69. The number of anilines is 1. The Morgan fingerprint density at radius 2 is 1.73 bits per heavy atom. The number of carboxylic acids is 1. The van der Waals surface area contributed by atoms with Gasteiger partial charge in [0.05, 0.1) is 29.6 Å². The van der Waals surface area contributed by atoms with Crippen LogP contribution in [0.4, 0.5) is 14.6 Å². The van der Waals surface area contributed by atoms with Crippen molar-refractivity contribution in [2.24, 2.45) is 0 Å². The topological polar surface area (TPSA) is 85.5 Å². The molecule has 0 radical (unpaired) electrons. The van der Waals surface area contributed by atoms with Crippen molar-refractivity contribution < 1.29 is 32.9 Å². The van der Waals surface area contributed by atoms with E-state index >= 15 is 0 Å². The Morgan fingerprint density at radius 3 is 2.35 bits per heavy atom. The largest absolute Gasteiger partial charge is 0.490 e. The third-order valence-corrected chi connectivity index (χ3v) is 9.31. The molecule has 1 N–H and O–H groups in total. The van der Waals surface area contributed by atoms with E-state index in [9.17, 15) is 18.7 Å². The van der Waals surface area contributed by atoms with Gasteiger partial charge in [-0.2, -0.15) is 0 Å². The standard InChI is InChI=1S/C41H49F2N3O5/c1-10-13-27(4)50-34-24-32(43)31(42)23-30(34)28-14-12-15-29(22-28)33-25-46-35(44-33)21-26(3)36(41(9,38(47)48)51-39(5,6)7)37(46)45-18-16-40(8,17-19-45)49-20-11-2/h10-12,14-15,21-25,27H,1-2,13,16-20H2,3-9H3,(H,47,48)/t27-,41-/m0/s1. The predicted octanol–water partition coefficient (Wildman–Crippen LogP) is 9.27. The number of aryl methyl sites for hydroxylation is 1. The van der Waals surface area contributed by atoms with Crippen LogP contribution < -0.4 is 9.64 Å². The van der Waals surface area contributed by atoms with Gasteiger partial charge in [-0.3, -0.25) is 4.40 Å². The zero-order valence-electron chi connectivity index (χ0n) is 30.7. The molecule has 2 aromatic heterocycles. The first-order valence-electron chi connectivity index (χ1n) is 17.3. The Bertz CT molecular complexity index is 1940. The summed E-state index contributed by atoms with van der Waals surface area (Å²) in [4.78, 5) is 20.4. The van der Waals surface area contributed by atoms with Crippen molar-refractivity contribution in [3.63, 3.8) is 0 Å². The Morgan fingerprint density at radius 1 is 1.06 bits per heavy atom. The normalized spacial score (nSPS) is 16.5. The number of aromatic nitrogens is 2. The lowest BCUT2D eigenvalue weighted by Gasteiger charge is -2.43. The number of benzene rings is 2. The van der Waals surface area contributed by atoms with Crippen LogP contribution in [0.15, 0.2) is 74.0 Å². The average Bonchev–Trinajstić information content (AvgIpc) is 3.48. The van der Waals surface area contributed by atoms with E-state index < -0.39 is 28.8 Å². The number of carboxylic acid groups (broad SMARTS) is 1. The molecule has 0 aliphatic carbocycles. The molecule has 2 aromatic carbocycles. The summed E-state index contributed by atoms with van der Waals surface area (Å²) >= 11 is 0. The van der Waals surface area contributed by atoms with Crippen molar-refractivity contribution in [1.29, 1.82) is 0 Å². The van der Waals surface area contributed by atoms with Crippen LogP contribution in [-0.4, -0.2) is 57.5 Å². The van der Waals surface area contributed by atoms with Gasteiger partial charge in [0.15, 0.2) is 17.2 Å². The van der Waals surface area contributed by atoms with Gasteiger partial charge in [-0.15, -0.1) is 13.2 Å². The van der Waals surface area contributed by atoms with E-state index in [2.05, 4.69) is 25.0 Å². The first-order chi connectivity index (χ1) is 24.0. The van der Waals surface area contributed by atoms with Crippen molar-refractivity contribution in [1.82, 2.24) is 9.38 Å². The number of piperidine rings is 1. The van der Waals surface area contributed by atoms with Crippen LogP contribution in [0.5, 0.6) is 5.75 Å². The maximum Gasteiger partial charge on any atom is 0.340 e. The number of hydrogen-bond donors (Lipinski definition) is 1. The van der Waals surface area contributed by atoms with Crippen molar-refractivity contribution in [3.05, 3.63) is 96.7 Å². The van der Waals surface area contributed by atoms with Crippen LogP contribution in [0.3, 0.4) is 0 Å². The molecule has 1 fully saturated rings. The SMILES string of the molecule is C=CCOC1(C)CCN(c2c([C@](C)(OC(C)(C)C)C(=O)O)c(C)cc3nc(-c4cccc(-c5cc(F)c(F)cc5O[C@@H](C)CC=C)c4)cn23)CC1. The predicted molar refractivity (Wildman–Crippen MR) is 197 cm³/mol. The summed E-state index contributed by atoms with van der Waals surface area (Å²) < 4.78 is 49.5. The molecule has 2 atom stereocenters. The number of imidazole rings is 1. The number of rotatable bonds is 13. The minimum absolute atomic E-state index is 0.221. The molecule has 1 saturated heterocycles. The third-order valence-electron chi connectivity index (χ3n) is 9.31. The Labute approximate surface area is 299 Å². The molecule has 0 saturated carbocycles. The molecule has 10 heteroatoms. The van der Waals surface area contributed by atoms with Gasteiger partial charge in [0.25, 0.3) is 0 Å². The van der Waals surface area contributed by atoms with Crippen molar-refractivity contribution >= 4 is 17.4 Å². The Hall–Kier alpha value is -4.54. The van der Waals surface area contributed by atoms with Crippen molar-refractivity contribution in [3.8, 4) is 28.1 Å². The molecule has 3 heterocycles. The van der Waals surface area contributed by atoms with E-state index in [1.165, 1.54) is 0 Å². The summed E-state index contributed by atoms with van der Waals surface area (Å²) in [5.74, 6) is -2.17. The van der Waals surface area contributed by atoms with E-state index in [-0.39, 0.29) is 17.5 Å². The molecule has 8 nitrogen and oxygen atoms in total. The molecule has 4 aromatic rings. The van der Waals surface area contributed by atoms with E-state index in [1.54, 1.807) is 19.1 Å². The summed E-state index contributed by atoms with van der Waals surface area (Å²) in [5.41, 5.74) is 1.46. The Kier molecular flexibility index (Phi) is 10.8. The quantitative estimate of drug-likeness (QED) is 0.139. The van der Waals surface area contributed by atoms with Crippen LogP contribution in [0.2, 0.25) is 0 Å². The monoisotopic (exact) mass is 701 g/mol. The highest BCUT2D eigenvalue weighted by Gasteiger charge is 2.45. The highest BCUT2D eigenvalue weighted by atomic mass is 19.2. The average molecular weight is 702 g/mol. The second kappa shape index (κ2) is 14.6. The number of fused-ring (bicyclic) bond motifs is 1. The fourth-order valence-electron chi connectivity index (χ4n) is 6.88. The smallest absolute Gasteiger partial charge is 0.340 e. The second-order valence-electron chi connectivity index (χ2n) is 14.8. The van der Waals surface area contributed by atoms with Gasteiger partial charge in [0.1, 0.15) is 17.2 Å². The summed E-state index contributed by atoms with van der Waals surface area (Å²) in [7, 11) is 0. The maximum absolute atomic E-state index is 14.6.